The van der Waals surface area contributed by atoms with E-state index in [9.17, 15) is 0 Å². The molecule has 3 nitrogen and oxygen atoms in total. The van der Waals surface area contributed by atoms with Crippen LogP contribution in [-0.4, -0.2) is 13.3 Å². The largest absolute Gasteiger partial charge is 0.467 e. The summed E-state index contributed by atoms with van der Waals surface area (Å²) in [6.45, 7) is 3.45. The van der Waals surface area contributed by atoms with Crippen molar-refractivity contribution in [3.8, 4) is 5.75 Å². The monoisotopic (exact) mass is 271 g/mol. The second kappa shape index (κ2) is 7.68. The van der Waals surface area contributed by atoms with Crippen LogP contribution in [0.4, 0.5) is 0 Å². The van der Waals surface area contributed by atoms with Gasteiger partial charge in [0, 0.05) is 0 Å². The smallest absolute Gasteiger partial charge is 0.189 e. The average molecular weight is 271 g/mol. The summed E-state index contributed by atoms with van der Waals surface area (Å²) in [4.78, 5) is 0. The molecule has 0 saturated carbocycles. The molecule has 2 aromatic rings. The molecule has 0 radical (unpaired) electrons. The first-order chi connectivity index (χ1) is 9.81. The van der Waals surface area contributed by atoms with E-state index in [4.69, 9.17) is 15.2 Å². The zero-order valence-electron chi connectivity index (χ0n) is 11.8. The van der Waals surface area contributed by atoms with Gasteiger partial charge in [0.15, 0.2) is 6.79 Å². The quantitative estimate of drug-likeness (QED) is 0.622. The minimum absolute atomic E-state index is 0.247. The van der Waals surface area contributed by atoms with Gasteiger partial charge < -0.3 is 15.2 Å². The van der Waals surface area contributed by atoms with Gasteiger partial charge in [0.1, 0.15) is 5.75 Å². The SMILES string of the molecule is Cc1cccc(CCN)c1OCOCc1ccccc1. The molecular formula is C17H21NO2. The standard InChI is InChI=1S/C17H21NO2/c1-14-6-5-9-16(10-11-18)17(14)20-13-19-12-15-7-3-2-4-8-15/h2-9H,10-13,18H2,1H3. The van der Waals surface area contributed by atoms with Crippen molar-refractivity contribution >= 4 is 0 Å². The average Bonchev–Trinajstić information content (AvgIpc) is 2.47. The van der Waals surface area contributed by atoms with E-state index in [1.807, 2.05) is 55.5 Å². The molecule has 20 heavy (non-hydrogen) atoms. The molecule has 0 aliphatic rings. The van der Waals surface area contributed by atoms with Crippen molar-refractivity contribution in [2.24, 2.45) is 5.73 Å². The van der Waals surface area contributed by atoms with Crippen LogP contribution in [-0.2, 0) is 17.8 Å². The zero-order valence-corrected chi connectivity index (χ0v) is 11.8. The second-order valence-corrected chi connectivity index (χ2v) is 4.70. The van der Waals surface area contributed by atoms with Crippen LogP contribution in [0.2, 0.25) is 0 Å². The van der Waals surface area contributed by atoms with E-state index in [1.165, 1.54) is 0 Å². The summed E-state index contributed by atoms with van der Waals surface area (Å²) < 4.78 is 11.3. The van der Waals surface area contributed by atoms with Crippen LogP contribution < -0.4 is 10.5 Å². The molecule has 2 N–H and O–H groups in total. The predicted molar refractivity (Wildman–Crippen MR) is 80.7 cm³/mol. The summed E-state index contributed by atoms with van der Waals surface area (Å²) in [7, 11) is 0. The number of rotatable bonds is 7. The molecule has 2 rings (SSSR count). The molecule has 0 aliphatic heterocycles. The molecule has 106 valence electrons. The Balaban J connectivity index is 1.87. The fourth-order valence-electron chi connectivity index (χ4n) is 2.11. The first-order valence-electron chi connectivity index (χ1n) is 6.84. The lowest BCUT2D eigenvalue weighted by atomic mass is 10.1. The Morgan fingerprint density at radius 1 is 1.00 bits per heavy atom. The molecule has 0 aromatic heterocycles. The number of nitrogens with two attached hydrogens (primary N) is 1. The van der Waals surface area contributed by atoms with E-state index in [-0.39, 0.29) is 6.79 Å². The Labute approximate surface area is 120 Å². The number of hydrogen-bond acceptors (Lipinski definition) is 3. The van der Waals surface area contributed by atoms with E-state index in [0.29, 0.717) is 13.2 Å². The topological polar surface area (TPSA) is 44.5 Å². The van der Waals surface area contributed by atoms with Crippen LogP contribution in [0.1, 0.15) is 16.7 Å². The highest BCUT2D eigenvalue weighted by Gasteiger charge is 2.06. The maximum absolute atomic E-state index is 5.76. The van der Waals surface area contributed by atoms with Gasteiger partial charge in [-0.2, -0.15) is 0 Å². The fraction of sp³-hybridized carbons (Fsp3) is 0.294. The van der Waals surface area contributed by atoms with Crippen molar-refractivity contribution in [1.82, 2.24) is 0 Å². The van der Waals surface area contributed by atoms with Crippen molar-refractivity contribution in [1.29, 1.82) is 0 Å². The lowest BCUT2D eigenvalue weighted by Crippen LogP contribution is -2.09. The molecule has 0 amide bonds. The number of hydrogen-bond donors (Lipinski definition) is 1. The van der Waals surface area contributed by atoms with Gasteiger partial charge >= 0.3 is 0 Å². The van der Waals surface area contributed by atoms with Crippen LogP contribution in [0.15, 0.2) is 48.5 Å². The Morgan fingerprint density at radius 3 is 2.55 bits per heavy atom. The highest BCUT2D eigenvalue weighted by atomic mass is 16.7. The lowest BCUT2D eigenvalue weighted by molar-refractivity contribution is 0.00418. The van der Waals surface area contributed by atoms with Crippen LogP contribution in [0, 0.1) is 6.92 Å². The lowest BCUT2D eigenvalue weighted by Gasteiger charge is -2.14. The van der Waals surface area contributed by atoms with Crippen molar-refractivity contribution in [2.45, 2.75) is 20.0 Å². The van der Waals surface area contributed by atoms with Gasteiger partial charge in [-0.25, -0.2) is 0 Å². The number of benzene rings is 2. The molecule has 0 saturated heterocycles. The Kier molecular flexibility index (Phi) is 5.59. The number of aryl methyl sites for hydroxylation is 1. The highest BCUT2D eigenvalue weighted by molar-refractivity contribution is 5.40. The molecular weight excluding hydrogens is 250 g/mol. The Morgan fingerprint density at radius 2 is 1.80 bits per heavy atom. The third-order valence-electron chi connectivity index (χ3n) is 3.11. The van der Waals surface area contributed by atoms with Crippen LogP contribution in [0.5, 0.6) is 5.75 Å². The normalized spacial score (nSPS) is 10.5. The van der Waals surface area contributed by atoms with Gasteiger partial charge in [-0.1, -0.05) is 48.5 Å². The number of para-hydroxylation sites is 1. The van der Waals surface area contributed by atoms with Crippen LogP contribution in [0.3, 0.4) is 0 Å². The highest BCUT2D eigenvalue weighted by Crippen LogP contribution is 2.23. The summed E-state index contributed by atoms with van der Waals surface area (Å²) in [6, 6.07) is 16.2. The predicted octanol–water partition coefficient (Wildman–Crippen LogP) is 3.05. The summed E-state index contributed by atoms with van der Waals surface area (Å²) in [6.07, 6.45) is 0.815. The van der Waals surface area contributed by atoms with Gasteiger partial charge in [0.25, 0.3) is 0 Å². The Bertz CT molecular complexity index is 526. The van der Waals surface area contributed by atoms with E-state index >= 15 is 0 Å². The second-order valence-electron chi connectivity index (χ2n) is 4.70. The number of ether oxygens (including phenoxy) is 2. The van der Waals surface area contributed by atoms with Crippen LogP contribution in [0.25, 0.3) is 0 Å². The molecule has 0 atom stereocenters. The molecule has 0 aliphatic carbocycles. The van der Waals surface area contributed by atoms with E-state index < -0.39 is 0 Å². The third-order valence-corrected chi connectivity index (χ3v) is 3.11. The van der Waals surface area contributed by atoms with Crippen molar-refractivity contribution in [3.63, 3.8) is 0 Å². The first-order valence-corrected chi connectivity index (χ1v) is 6.84. The van der Waals surface area contributed by atoms with Crippen LogP contribution >= 0.6 is 0 Å². The fourth-order valence-corrected chi connectivity index (χ4v) is 2.11. The molecule has 0 heterocycles. The maximum atomic E-state index is 5.76. The maximum Gasteiger partial charge on any atom is 0.189 e. The van der Waals surface area contributed by atoms with Gasteiger partial charge in [-0.05, 0) is 36.6 Å². The van der Waals surface area contributed by atoms with Crippen molar-refractivity contribution < 1.29 is 9.47 Å². The minimum atomic E-state index is 0.247. The van der Waals surface area contributed by atoms with Gasteiger partial charge in [0.2, 0.25) is 0 Å². The first kappa shape index (κ1) is 14.6. The van der Waals surface area contributed by atoms with E-state index in [2.05, 4.69) is 0 Å². The van der Waals surface area contributed by atoms with E-state index in [0.717, 1.165) is 28.9 Å². The summed E-state index contributed by atoms with van der Waals surface area (Å²) in [5.41, 5.74) is 9.01. The van der Waals surface area contributed by atoms with Gasteiger partial charge in [0.05, 0.1) is 6.61 Å². The van der Waals surface area contributed by atoms with Gasteiger partial charge in [-0.3, -0.25) is 0 Å². The molecule has 0 fully saturated rings. The summed E-state index contributed by atoms with van der Waals surface area (Å²) >= 11 is 0. The summed E-state index contributed by atoms with van der Waals surface area (Å²) in [5, 5.41) is 0. The molecule has 2 aromatic carbocycles. The van der Waals surface area contributed by atoms with E-state index in [1.54, 1.807) is 0 Å². The zero-order chi connectivity index (χ0) is 14.2. The minimum Gasteiger partial charge on any atom is -0.467 e. The van der Waals surface area contributed by atoms with Gasteiger partial charge in [-0.15, -0.1) is 0 Å². The summed E-state index contributed by atoms with van der Waals surface area (Å²) in [5.74, 6) is 0.894. The van der Waals surface area contributed by atoms with Crippen molar-refractivity contribution in [2.75, 3.05) is 13.3 Å². The molecule has 0 spiro atoms. The molecule has 3 heteroatoms. The Hall–Kier alpha value is -1.84. The molecule has 0 bridgehead atoms. The van der Waals surface area contributed by atoms with Crippen molar-refractivity contribution in [3.05, 3.63) is 65.2 Å². The molecule has 0 unspecified atom stereocenters. The third kappa shape index (κ3) is 4.08.